The summed E-state index contributed by atoms with van der Waals surface area (Å²) in [7, 11) is 0. The Morgan fingerprint density at radius 1 is 1.05 bits per heavy atom. The van der Waals surface area contributed by atoms with Crippen LogP contribution < -0.4 is 5.32 Å². The number of hydrogen-bond acceptors (Lipinski definition) is 2. The lowest BCUT2D eigenvalue weighted by atomic mass is 9.98. The Balaban J connectivity index is 1.67. The summed E-state index contributed by atoms with van der Waals surface area (Å²) in [6.45, 7) is 1.39. The molecule has 1 amide bonds. The minimum Gasteiger partial charge on any atom is -0.381 e. The van der Waals surface area contributed by atoms with Gasteiger partial charge in [0.15, 0.2) is 0 Å². The highest BCUT2D eigenvalue weighted by Crippen LogP contribution is 2.35. The molecule has 1 aliphatic heterocycles. The van der Waals surface area contributed by atoms with Crippen LogP contribution in [0.4, 0.5) is 5.69 Å². The molecule has 1 fully saturated rings. The van der Waals surface area contributed by atoms with Crippen molar-refractivity contribution in [3.05, 3.63) is 41.5 Å². The van der Waals surface area contributed by atoms with Crippen LogP contribution in [0.5, 0.6) is 0 Å². The summed E-state index contributed by atoms with van der Waals surface area (Å²) in [5, 5.41) is 5.67. The van der Waals surface area contributed by atoms with E-state index in [-0.39, 0.29) is 11.8 Å². The fraction of sp³-hybridized carbons (Fsp3) is 0.389. The summed E-state index contributed by atoms with van der Waals surface area (Å²) in [5.41, 5.74) is 3.77. The predicted octanol–water partition coefficient (Wildman–Crippen LogP) is 3.30. The highest BCUT2D eigenvalue weighted by Gasteiger charge is 2.23. The van der Waals surface area contributed by atoms with E-state index in [1.54, 1.807) is 0 Å². The number of anilines is 1. The third-order valence-corrected chi connectivity index (χ3v) is 4.73. The molecule has 3 nitrogen and oxygen atoms in total. The summed E-state index contributed by atoms with van der Waals surface area (Å²) in [4.78, 5) is 12.4. The highest BCUT2D eigenvalue weighted by molar-refractivity contribution is 6.05. The van der Waals surface area contributed by atoms with E-state index in [0.29, 0.717) is 13.2 Å². The second kappa shape index (κ2) is 5.15. The van der Waals surface area contributed by atoms with Crippen molar-refractivity contribution in [2.45, 2.75) is 25.7 Å². The van der Waals surface area contributed by atoms with Crippen molar-refractivity contribution in [3.8, 4) is 0 Å². The first kappa shape index (κ1) is 12.8. The molecule has 1 N–H and O–H groups in total. The van der Waals surface area contributed by atoms with Gasteiger partial charge in [-0.25, -0.2) is 0 Å². The molecule has 2 aliphatic rings. The van der Waals surface area contributed by atoms with Crippen LogP contribution in [-0.2, 0) is 22.4 Å². The van der Waals surface area contributed by atoms with Crippen LogP contribution in [-0.4, -0.2) is 19.1 Å². The van der Waals surface area contributed by atoms with Crippen LogP contribution >= 0.6 is 0 Å². The topological polar surface area (TPSA) is 38.3 Å². The van der Waals surface area contributed by atoms with Crippen molar-refractivity contribution in [2.75, 3.05) is 18.5 Å². The molecule has 1 aliphatic carbocycles. The summed E-state index contributed by atoms with van der Waals surface area (Å²) in [5.74, 6) is 0.221. The van der Waals surface area contributed by atoms with Crippen molar-refractivity contribution in [3.63, 3.8) is 0 Å². The second-order valence-corrected chi connectivity index (χ2v) is 5.99. The monoisotopic (exact) mass is 281 g/mol. The number of aryl methyl sites for hydroxylation is 2. The SMILES string of the molecule is O=C(Nc1ccc2c3c(cccc13)CC2)C1CCOCC1. The molecule has 1 heterocycles. The smallest absolute Gasteiger partial charge is 0.227 e. The number of carbonyl (C=O) groups excluding carboxylic acids is 1. The molecule has 0 atom stereocenters. The molecule has 0 spiro atoms. The van der Waals surface area contributed by atoms with Crippen LogP contribution in [0.2, 0.25) is 0 Å². The number of carbonyl (C=O) groups is 1. The molecular formula is C18H19NO2. The van der Waals surface area contributed by atoms with Crippen molar-refractivity contribution >= 4 is 22.4 Å². The van der Waals surface area contributed by atoms with E-state index >= 15 is 0 Å². The number of benzene rings is 2. The van der Waals surface area contributed by atoms with Crippen molar-refractivity contribution in [2.24, 2.45) is 5.92 Å². The largest absolute Gasteiger partial charge is 0.381 e. The molecule has 108 valence electrons. The van der Waals surface area contributed by atoms with E-state index in [4.69, 9.17) is 4.74 Å². The Kier molecular flexibility index (Phi) is 3.15. The molecule has 1 saturated heterocycles. The Morgan fingerprint density at radius 3 is 2.62 bits per heavy atom. The Morgan fingerprint density at radius 2 is 1.81 bits per heavy atom. The number of amides is 1. The van der Waals surface area contributed by atoms with E-state index in [0.717, 1.165) is 31.4 Å². The number of nitrogens with one attached hydrogen (secondary N) is 1. The lowest BCUT2D eigenvalue weighted by Crippen LogP contribution is -2.28. The maximum atomic E-state index is 12.4. The van der Waals surface area contributed by atoms with E-state index < -0.39 is 0 Å². The molecule has 4 rings (SSSR count). The maximum Gasteiger partial charge on any atom is 0.227 e. The minimum absolute atomic E-state index is 0.0850. The quantitative estimate of drug-likeness (QED) is 0.917. The van der Waals surface area contributed by atoms with Gasteiger partial charge in [-0.2, -0.15) is 0 Å². The minimum atomic E-state index is 0.0850. The van der Waals surface area contributed by atoms with Crippen LogP contribution in [0.3, 0.4) is 0 Å². The molecule has 3 heteroatoms. The summed E-state index contributed by atoms with van der Waals surface area (Å²) >= 11 is 0. The lowest BCUT2D eigenvalue weighted by Gasteiger charge is -2.21. The predicted molar refractivity (Wildman–Crippen MR) is 83.5 cm³/mol. The molecule has 0 aromatic heterocycles. The van der Waals surface area contributed by atoms with E-state index in [9.17, 15) is 4.79 Å². The summed E-state index contributed by atoms with van der Waals surface area (Å²) < 4.78 is 5.33. The van der Waals surface area contributed by atoms with Gasteiger partial charge in [0.25, 0.3) is 0 Å². The van der Waals surface area contributed by atoms with Crippen molar-refractivity contribution in [1.29, 1.82) is 0 Å². The van der Waals surface area contributed by atoms with Gasteiger partial charge in [-0.05, 0) is 48.3 Å². The van der Waals surface area contributed by atoms with Gasteiger partial charge in [0, 0.05) is 30.2 Å². The van der Waals surface area contributed by atoms with Gasteiger partial charge in [0.2, 0.25) is 5.91 Å². The zero-order chi connectivity index (χ0) is 14.2. The molecule has 0 bridgehead atoms. The maximum absolute atomic E-state index is 12.4. The Hall–Kier alpha value is -1.87. The van der Waals surface area contributed by atoms with E-state index in [1.807, 2.05) is 0 Å². The first-order valence-electron chi connectivity index (χ1n) is 7.75. The van der Waals surface area contributed by atoms with Gasteiger partial charge in [-0.1, -0.05) is 24.3 Å². The Bertz CT molecular complexity index is 691. The van der Waals surface area contributed by atoms with Crippen LogP contribution in [0.25, 0.3) is 10.8 Å². The zero-order valence-electron chi connectivity index (χ0n) is 12.0. The highest BCUT2D eigenvalue weighted by atomic mass is 16.5. The Labute approximate surface area is 124 Å². The van der Waals surface area contributed by atoms with Gasteiger partial charge in [0.05, 0.1) is 0 Å². The first-order valence-corrected chi connectivity index (χ1v) is 7.75. The van der Waals surface area contributed by atoms with Crippen LogP contribution in [0.15, 0.2) is 30.3 Å². The number of rotatable bonds is 2. The number of hydrogen-bond donors (Lipinski definition) is 1. The van der Waals surface area contributed by atoms with Crippen molar-refractivity contribution < 1.29 is 9.53 Å². The van der Waals surface area contributed by atoms with Crippen molar-refractivity contribution in [1.82, 2.24) is 0 Å². The third kappa shape index (κ3) is 2.22. The molecule has 21 heavy (non-hydrogen) atoms. The molecule has 0 unspecified atom stereocenters. The van der Waals surface area contributed by atoms with Gasteiger partial charge in [0.1, 0.15) is 0 Å². The van der Waals surface area contributed by atoms with E-state index in [2.05, 4.69) is 35.6 Å². The van der Waals surface area contributed by atoms with Gasteiger partial charge in [-0.15, -0.1) is 0 Å². The normalized spacial score (nSPS) is 18.1. The van der Waals surface area contributed by atoms with Gasteiger partial charge >= 0.3 is 0 Å². The molecule has 0 saturated carbocycles. The summed E-state index contributed by atoms with van der Waals surface area (Å²) in [6, 6.07) is 10.6. The first-order chi connectivity index (χ1) is 10.3. The van der Waals surface area contributed by atoms with E-state index in [1.165, 1.54) is 21.9 Å². The molecular weight excluding hydrogens is 262 g/mol. The lowest BCUT2D eigenvalue weighted by molar-refractivity contribution is -0.122. The third-order valence-electron chi connectivity index (χ3n) is 4.73. The average molecular weight is 281 g/mol. The zero-order valence-corrected chi connectivity index (χ0v) is 12.0. The van der Waals surface area contributed by atoms with Crippen LogP contribution in [0.1, 0.15) is 24.0 Å². The fourth-order valence-corrected chi connectivity index (χ4v) is 3.55. The fourth-order valence-electron chi connectivity index (χ4n) is 3.55. The second-order valence-electron chi connectivity index (χ2n) is 5.99. The van der Waals surface area contributed by atoms with Gasteiger partial charge < -0.3 is 10.1 Å². The summed E-state index contributed by atoms with van der Waals surface area (Å²) in [6.07, 6.45) is 3.88. The molecule has 2 aromatic carbocycles. The number of ether oxygens (including phenoxy) is 1. The molecule has 0 radical (unpaired) electrons. The average Bonchev–Trinajstić information content (AvgIpc) is 2.96. The molecule has 2 aromatic rings. The standard InChI is InChI=1S/C18H19NO2/c20-18(14-8-10-21-11-9-14)19-16-7-6-13-5-4-12-2-1-3-15(16)17(12)13/h1-3,6-7,14H,4-5,8-11H2,(H,19,20). The van der Waals surface area contributed by atoms with Gasteiger partial charge in [-0.3, -0.25) is 4.79 Å². The van der Waals surface area contributed by atoms with Crippen LogP contribution in [0, 0.1) is 5.92 Å².